The molecule has 0 unspecified atom stereocenters. The van der Waals surface area contributed by atoms with Gasteiger partial charge in [-0.15, -0.1) is 0 Å². The third kappa shape index (κ3) is 24.2. The molecule has 6 fully saturated rings. The van der Waals surface area contributed by atoms with Gasteiger partial charge in [0.1, 0.15) is 24.0 Å². The minimum Gasteiger partial charge on any atom is -0.427 e. The Morgan fingerprint density at radius 1 is 0.275 bits per heavy atom. The summed E-state index contributed by atoms with van der Waals surface area (Å²) >= 11 is 0. The predicted octanol–water partition coefficient (Wildman–Crippen LogP) is 17.8. The standard InChI is InChI=1S/3C18H27O3P.CH2O.Ni/c3*1-4-10-16(11-5-1)19-22(20-17-12-6-2-7-13-17)21-18-14-8-3-9-15-18;1-2;/h3*1,4-5,10-11,17-18H,2-3,6-9,12-15H2;1H2;. The Hall–Kier alpha value is -1.73. The quantitative estimate of drug-likeness (QED) is 0.0904. The van der Waals surface area contributed by atoms with Gasteiger partial charge in [-0.3, -0.25) is 27.1 Å². The van der Waals surface area contributed by atoms with Gasteiger partial charge in [-0.05, 0) is 113 Å². The van der Waals surface area contributed by atoms with Gasteiger partial charge in [0, 0.05) is 16.5 Å². The van der Waals surface area contributed by atoms with Crippen LogP contribution in [0.1, 0.15) is 193 Å². The number of benzene rings is 3. The summed E-state index contributed by atoms with van der Waals surface area (Å²) in [5, 5.41) is 0. The van der Waals surface area contributed by atoms with Crippen molar-refractivity contribution in [2.75, 3.05) is 0 Å². The molecule has 3 aromatic carbocycles. The molecule has 6 aliphatic rings. The molecule has 9 rings (SSSR count). The molecule has 0 atom stereocenters. The van der Waals surface area contributed by atoms with Gasteiger partial charge in [-0.25, -0.2) is 0 Å². The van der Waals surface area contributed by atoms with E-state index in [1.807, 2.05) is 97.8 Å². The molecule has 0 radical (unpaired) electrons. The summed E-state index contributed by atoms with van der Waals surface area (Å²) in [4.78, 5) is 8.00. The molecule has 6 saturated carbocycles. The van der Waals surface area contributed by atoms with Crippen LogP contribution in [0, 0.1) is 0 Å². The second-order valence-electron chi connectivity index (χ2n) is 19.1. The molecular formula is C55H83NiO10P3. The van der Waals surface area contributed by atoms with Crippen molar-refractivity contribution in [3.63, 3.8) is 0 Å². The molecule has 0 bridgehead atoms. The van der Waals surface area contributed by atoms with Crippen molar-refractivity contribution in [3.8, 4) is 17.2 Å². The first-order valence-electron chi connectivity index (χ1n) is 26.6. The van der Waals surface area contributed by atoms with Crippen molar-refractivity contribution >= 4 is 32.6 Å². The summed E-state index contributed by atoms with van der Waals surface area (Å²) in [6.07, 6.45) is 38.8. The van der Waals surface area contributed by atoms with Crippen LogP contribution >= 0.6 is 25.8 Å². The minimum absolute atomic E-state index is 0. The monoisotopic (exact) mass is 1050 g/mol. The number of carbonyl (C=O) groups excluding carboxylic acids is 1. The maximum atomic E-state index is 8.00. The van der Waals surface area contributed by atoms with Crippen molar-refractivity contribution in [2.24, 2.45) is 0 Å². The Balaban J connectivity index is 0.000000188. The van der Waals surface area contributed by atoms with Crippen molar-refractivity contribution < 1.29 is 62.0 Å². The Bertz CT molecular complexity index is 1400. The van der Waals surface area contributed by atoms with E-state index < -0.39 is 25.8 Å². The molecule has 0 aliphatic heterocycles. The Labute approximate surface area is 430 Å². The molecule has 388 valence electrons. The predicted molar refractivity (Wildman–Crippen MR) is 277 cm³/mol. The molecule has 0 amide bonds. The molecule has 0 N–H and O–H groups in total. The number of para-hydroxylation sites is 3. The maximum Gasteiger partial charge on any atom is 0.397 e. The van der Waals surface area contributed by atoms with Gasteiger partial charge in [0.2, 0.25) is 0 Å². The Morgan fingerprint density at radius 3 is 0.594 bits per heavy atom. The summed E-state index contributed by atoms with van der Waals surface area (Å²) in [5.74, 6) is 2.54. The molecule has 0 aromatic heterocycles. The molecule has 0 spiro atoms. The second-order valence-corrected chi connectivity index (χ2v) is 22.2. The van der Waals surface area contributed by atoms with Gasteiger partial charge in [0.15, 0.2) is 0 Å². The van der Waals surface area contributed by atoms with Crippen LogP contribution in [-0.4, -0.2) is 43.4 Å². The SMILES string of the molecule is C=O.[Ni].c1ccc(OP(OC2CCCCC2)OC2CCCCC2)cc1.c1ccc(OP(OC2CCCCC2)OC2CCCCC2)cc1.c1ccc(OP(OC2CCCCC2)OC2CCCCC2)cc1. The van der Waals surface area contributed by atoms with Crippen LogP contribution in [0.3, 0.4) is 0 Å². The molecule has 14 heteroatoms. The fourth-order valence-corrected chi connectivity index (χ4v) is 13.7. The maximum absolute atomic E-state index is 8.00. The summed E-state index contributed by atoms with van der Waals surface area (Å²) in [7, 11) is -3.85. The van der Waals surface area contributed by atoms with E-state index in [2.05, 4.69) is 0 Å². The minimum atomic E-state index is -1.28. The van der Waals surface area contributed by atoms with Gasteiger partial charge in [-0.2, -0.15) is 0 Å². The smallest absolute Gasteiger partial charge is 0.397 e. The van der Waals surface area contributed by atoms with E-state index in [0.29, 0.717) is 36.6 Å². The fourth-order valence-electron chi connectivity index (χ4n) is 9.66. The number of hydrogen-bond acceptors (Lipinski definition) is 10. The molecule has 10 nitrogen and oxygen atoms in total. The third-order valence-electron chi connectivity index (χ3n) is 13.5. The molecule has 3 aromatic rings. The van der Waals surface area contributed by atoms with Gasteiger partial charge >= 0.3 is 25.8 Å². The zero-order valence-corrected chi connectivity index (χ0v) is 45.0. The molecular weight excluding hydrogens is 972 g/mol. The second kappa shape index (κ2) is 36.2. The number of carbonyl (C=O) groups is 1. The van der Waals surface area contributed by atoms with E-state index in [9.17, 15) is 0 Å². The van der Waals surface area contributed by atoms with Crippen molar-refractivity contribution in [2.45, 2.75) is 229 Å². The molecule has 0 saturated heterocycles. The van der Waals surface area contributed by atoms with E-state index >= 15 is 0 Å². The van der Waals surface area contributed by atoms with E-state index in [1.54, 1.807) is 0 Å². The van der Waals surface area contributed by atoms with Crippen molar-refractivity contribution in [3.05, 3.63) is 91.0 Å². The number of rotatable bonds is 18. The zero-order valence-electron chi connectivity index (χ0n) is 41.3. The first kappa shape index (κ1) is 58.2. The summed E-state index contributed by atoms with van der Waals surface area (Å²) < 4.78 is 55.4. The van der Waals surface area contributed by atoms with Crippen molar-refractivity contribution in [1.82, 2.24) is 0 Å². The third-order valence-corrected chi connectivity index (χ3v) is 17.4. The molecule has 69 heavy (non-hydrogen) atoms. The van der Waals surface area contributed by atoms with E-state index in [1.165, 1.54) is 116 Å². The van der Waals surface area contributed by atoms with Crippen molar-refractivity contribution in [1.29, 1.82) is 0 Å². The van der Waals surface area contributed by atoms with Crippen LogP contribution in [0.5, 0.6) is 17.2 Å². The summed E-state index contributed by atoms with van der Waals surface area (Å²) in [6, 6.07) is 29.8. The van der Waals surface area contributed by atoms with Crippen LogP contribution in [0.25, 0.3) is 0 Å². The Kier molecular flexibility index (Phi) is 30.5. The fraction of sp³-hybridized carbons (Fsp3) is 0.655. The Morgan fingerprint density at radius 2 is 0.435 bits per heavy atom. The number of hydrogen-bond donors (Lipinski definition) is 0. The van der Waals surface area contributed by atoms with E-state index in [4.69, 9.17) is 45.5 Å². The van der Waals surface area contributed by atoms with Crippen LogP contribution in [-0.2, 0) is 48.4 Å². The average Bonchev–Trinajstić information content (AvgIpc) is 3.40. The van der Waals surface area contributed by atoms with E-state index in [0.717, 1.165) is 94.3 Å². The average molecular weight is 1060 g/mol. The first-order chi connectivity index (χ1) is 33.7. The summed E-state index contributed by atoms with van der Waals surface area (Å²) in [5.41, 5.74) is 0. The van der Waals surface area contributed by atoms with Gasteiger partial charge in [-0.1, -0.05) is 170 Å². The first-order valence-corrected chi connectivity index (χ1v) is 29.9. The van der Waals surface area contributed by atoms with Crippen LogP contribution in [0.4, 0.5) is 0 Å². The van der Waals surface area contributed by atoms with Crippen LogP contribution in [0.2, 0.25) is 0 Å². The summed E-state index contributed by atoms with van der Waals surface area (Å²) in [6.45, 7) is 2.00. The van der Waals surface area contributed by atoms with Gasteiger partial charge in [0.25, 0.3) is 0 Å². The van der Waals surface area contributed by atoms with E-state index in [-0.39, 0.29) is 16.5 Å². The van der Waals surface area contributed by atoms with Crippen LogP contribution < -0.4 is 13.6 Å². The largest absolute Gasteiger partial charge is 0.427 e. The van der Waals surface area contributed by atoms with Crippen LogP contribution in [0.15, 0.2) is 91.0 Å². The van der Waals surface area contributed by atoms with Gasteiger partial charge in [0.05, 0.1) is 36.6 Å². The molecule has 6 aliphatic carbocycles. The zero-order chi connectivity index (χ0) is 47.1. The molecule has 0 heterocycles. The van der Waals surface area contributed by atoms with Gasteiger partial charge < -0.3 is 18.4 Å². The topological polar surface area (TPSA) is 100 Å². The normalized spacial score (nSPS) is 20.3.